The molecule has 1 fully saturated rings. The lowest BCUT2D eigenvalue weighted by Crippen LogP contribution is -2.35. The molecule has 1 aromatic rings. The minimum absolute atomic E-state index is 0.394. The van der Waals surface area contributed by atoms with Crippen LogP contribution in [-0.2, 0) is 10.3 Å². The fourth-order valence-corrected chi connectivity index (χ4v) is 2.91. The summed E-state index contributed by atoms with van der Waals surface area (Å²) in [6, 6.07) is 5.44. The number of halogens is 1. The third-order valence-electron chi connectivity index (χ3n) is 3.65. The Bertz CT molecular complexity index is 532. The average molecular weight is 311 g/mol. The number of anilines is 1. The second-order valence-corrected chi connectivity index (χ2v) is 7.12. The number of carbonyl (C=O) groups is 1. The van der Waals surface area contributed by atoms with Gasteiger partial charge in [-0.15, -0.1) is 0 Å². The van der Waals surface area contributed by atoms with Gasteiger partial charge in [0.1, 0.15) is 5.60 Å². The molecule has 1 saturated carbocycles. The fourth-order valence-electron chi connectivity index (χ4n) is 2.74. The lowest BCUT2D eigenvalue weighted by Gasteiger charge is -2.28. The van der Waals surface area contributed by atoms with Crippen LogP contribution in [0.15, 0.2) is 18.2 Å². The van der Waals surface area contributed by atoms with Crippen LogP contribution in [0.3, 0.4) is 0 Å². The summed E-state index contributed by atoms with van der Waals surface area (Å²) in [6.45, 7) is 5.48. The minimum atomic E-state index is -0.545. The van der Waals surface area contributed by atoms with Gasteiger partial charge in [0.15, 0.2) is 0 Å². The van der Waals surface area contributed by atoms with E-state index >= 15 is 0 Å². The summed E-state index contributed by atoms with van der Waals surface area (Å²) in [6.07, 6.45) is 3.54. The quantitative estimate of drug-likeness (QED) is 0.850. The zero-order valence-electron chi connectivity index (χ0n) is 12.8. The van der Waals surface area contributed by atoms with Crippen molar-refractivity contribution in [1.82, 2.24) is 0 Å². The number of amides is 1. The highest BCUT2D eigenvalue weighted by Gasteiger charge is 2.33. The van der Waals surface area contributed by atoms with Crippen LogP contribution >= 0.6 is 11.6 Å². The number of carbonyl (C=O) groups excluding carboxylic acids is 1. The second kappa shape index (κ2) is 5.85. The first-order chi connectivity index (χ1) is 9.70. The van der Waals surface area contributed by atoms with E-state index in [4.69, 9.17) is 22.1 Å². The van der Waals surface area contributed by atoms with Crippen molar-refractivity contribution >= 4 is 23.4 Å². The SMILES string of the molecule is CC(C)(C)OC(=O)Nc1cc(Cl)ccc1C1(N)CCCC1. The van der Waals surface area contributed by atoms with Crippen LogP contribution in [-0.4, -0.2) is 11.7 Å². The van der Waals surface area contributed by atoms with E-state index in [0.29, 0.717) is 10.7 Å². The van der Waals surface area contributed by atoms with Gasteiger partial charge in [0.25, 0.3) is 0 Å². The Balaban J connectivity index is 2.26. The molecule has 1 aliphatic rings. The van der Waals surface area contributed by atoms with Gasteiger partial charge in [-0.1, -0.05) is 30.5 Å². The minimum Gasteiger partial charge on any atom is -0.444 e. The van der Waals surface area contributed by atoms with Crippen LogP contribution in [0, 0.1) is 0 Å². The van der Waals surface area contributed by atoms with Crippen molar-refractivity contribution in [2.75, 3.05) is 5.32 Å². The van der Waals surface area contributed by atoms with E-state index < -0.39 is 17.2 Å². The van der Waals surface area contributed by atoms with Crippen molar-refractivity contribution in [2.24, 2.45) is 5.73 Å². The molecule has 4 nitrogen and oxygen atoms in total. The first-order valence-corrected chi connectivity index (χ1v) is 7.66. The molecule has 2 rings (SSSR count). The predicted octanol–water partition coefficient (Wildman–Crippen LogP) is 4.42. The summed E-state index contributed by atoms with van der Waals surface area (Å²) < 4.78 is 5.30. The van der Waals surface area contributed by atoms with Crippen LogP contribution in [0.4, 0.5) is 10.5 Å². The van der Waals surface area contributed by atoms with Crippen molar-refractivity contribution in [2.45, 2.75) is 57.6 Å². The van der Waals surface area contributed by atoms with E-state index in [1.807, 2.05) is 32.9 Å². The molecule has 5 heteroatoms. The smallest absolute Gasteiger partial charge is 0.412 e. The van der Waals surface area contributed by atoms with E-state index in [1.54, 1.807) is 6.07 Å². The molecule has 116 valence electrons. The highest BCUT2D eigenvalue weighted by molar-refractivity contribution is 6.31. The summed E-state index contributed by atoms with van der Waals surface area (Å²) in [5, 5.41) is 3.35. The molecule has 3 N–H and O–H groups in total. The van der Waals surface area contributed by atoms with Crippen molar-refractivity contribution in [3.63, 3.8) is 0 Å². The van der Waals surface area contributed by atoms with Crippen LogP contribution in [0.25, 0.3) is 0 Å². The Hall–Kier alpha value is -1.26. The number of nitrogens with one attached hydrogen (secondary N) is 1. The van der Waals surface area contributed by atoms with Crippen molar-refractivity contribution in [3.05, 3.63) is 28.8 Å². The number of hydrogen-bond donors (Lipinski definition) is 2. The van der Waals surface area contributed by atoms with Gasteiger partial charge >= 0.3 is 6.09 Å². The largest absolute Gasteiger partial charge is 0.444 e. The molecule has 1 amide bonds. The molecule has 1 aliphatic carbocycles. The number of hydrogen-bond acceptors (Lipinski definition) is 3. The normalized spacial score (nSPS) is 17.6. The maximum Gasteiger partial charge on any atom is 0.412 e. The molecule has 0 heterocycles. The van der Waals surface area contributed by atoms with Crippen molar-refractivity contribution < 1.29 is 9.53 Å². The zero-order chi connectivity index (χ0) is 15.7. The number of rotatable bonds is 2. The Morgan fingerprint density at radius 3 is 2.52 bits per heavy atom. The van der Waals surface area contributed by atoms with E-state index in [1.165, 1.54) is 0 Å². The Morgan fingerprint density at radius 1 is 1.33 bits per heavy atom. The first kappa shape index (κ1) is 16.1. The summed E-state index contributed by atoms with van der Waals surface area (Å²) in [5.41, 5.74) is 7.13. The third kappa shape index (κ3) is 4.11. The predicted molar refractivity (Wildman–Crippen MR) is 85.6 cm³/mol. The van der Waals surface area contributed by atoms with E-state index in [2.05, 4.69) is 5.32 Å². The lowest BCUT2D eigenvalue weighted by molar-refractivity contribution is 0.0635. The van der Waals surface area contributed by atoms with Gasteiger partial charge < -0.3 is 10.5 Å². The average Bonchev–Trinajstić information content (AvgIpc) is 2.74. The van der Waals surface area contributed by atoms with E-state index in [-0.39, 0.29) is 0 Å². The molecule has 0 radical (unpaired) electrons. The topological polar surface area (TPSA) is 64.3 Å². The standard InChI is InChI=1S/C16H23ClN2O2/c1-15(2,3)21-14(20)19-13-10-11(17)6-7-12(13)16(18)8-4-5-9-16/h6-7,10H,4-5,8-9,18H2,1-3H3,(H,19,20). The Kier molecular flexibility index (Phi) is 4.49. The molecule has 0 atom stereocenters. The second-order valence-electron chi connectivity index (χ2n) is 6.68. The van der Waals surface area contributed by atoms with E-state index in [9.17, 15) is 4.79 Å². The molecule has 21 heavy (non-hydrogen) atoms. The number of benzene rings is 1. The van der Waals surface area contributed by atoms with Gasteiger partial charge in [-0.3, -0.25) is 5.32 Å². The zero-order valence-corrected chi connectivity index (χ0v) is 13.6. The fraction of sp³-hybridized carbons (Fsp3) is 0.562. The maximum absolute atomic E-state index is 12.0. The summed E-state index contributed by atoms with van der Waals surface area (Å²) in [4.78, 5) is 12.0. The lowest BCUT2D eigenvalue weighted by atomic mass is 9.88. The van der Waals surface area contributed by atoms with Gasteiger partial charge in [-0.25, -0.2) is 4.79 Å². The molecule has 0 aromatic heterocycles. The van der Waals surface area contributed by atoms with Gasteiger partial charge in [0.2, 0.25) is 0 Å². The maximum atomic E-state index is 12.0. The van der Waals surface area contributed by atoms with Gasteiger partial charge in [0.05, 0.1) is 5.69 Å². The highest BCUT2D eigenvalue weighted by atomic mass is 35.5. The summed E-state index contributed by atoms with van der Waals surface area (Å²) >= 11 is 6.05. The number of ether oxygens (including phenoxy) is 1. The monoisotopic (exact) mass is 310 g/mol. The summed E-state index contributed by atoms with van der Waals surface area (Å²) in [7, 11) is 0. The molecular weight excluding hydrogens is 288 g/mol. The van der Waals surface area contributed by atoms with Crippen molar-refractivity contribution in [1.29, 1.82) is 0 Å². The van der Waals surface area contributed by atoms with Crippen LogP contribution < -0.4 is 11.1 Å². The summed E-state index contributed by atoms with van der Waals surface area (Å²) in [5.74, 6) is 0. The van der Waals surface area contributed by atoms with Gasteiger partial charge in [-0.05, 0) is 51.3 Å². The van der Waals surface area contributed by atoms with Crippen LogP contribution in [0.2, 0.25) is 5.02 Å². The molecule has 0 spiro atoms. The first-order valence-electron chi connectivity index (χ1n) is 7.29. The van der Waals surface area contributed by atoms with Gasteiger partial charge in [-0.2, -0.15) is 0 Å². The molecule has 0 aliphatic heterocycles. The van der Waals surface area contributed by atoms with Crippen LogP contribution in [0.1, 0.15) is 52.0 Å². The Morgan fingerprint density at radius 2 is 1.95 bits per heavy atom. The van der Waals surface area contributed by atoms with Crippen molar-refractivity contribution in [3.8, 4) is 0 Å². The van der Waals surface area contributed by atoms with Crippen LogP contribution in [0.5, 0.6) is 0 Å². The van der Waals surface area contributed by atoms with E-state index in [0.717, 1.165) is 31.2 Å². The number of nitrogens with two attached hydrogens (primary N) is 1. The molecule has 1 aromatic carbocycles. The molecular formula is C16H23ClN2O2. The molecule has 0 saturated heterocycles. The highest BCUT2D eigenvalue weighted by Crippen LogP contribution is 2.40. The van der Waals surface area contributed by atoms with Gasteiger partial charge in [0, 0.05) is 10.6 Å². The molecule has 0 bridgehead atoms. The Labute approximate surface area is 131 Å². The third-order valence-corrected chi connectivity index (χ3v) is 3.88. The molecule has 0 unspecified atom stereocenters.